The molecule has 1 saturated carbocycles. The molecule has 1 fully saturated rings. The van der Waals surface area contributed by atoms with Crippen molar-refractivity contribution in [3.8, 4) is 0 Å². The lowest BCUT2D eigenvalue weighted by Gasteiger charge is -2.51. The van der Waals surface area contributed by atoms with Crippen LogP contribution >= 0.6 is 0 Å². The number of ether oxygens (including phenoxy) is 1. The van der Waals surface area contributed by atoms with Crippen LogP contribution in [0.15, 0.2) is 12.2 Å². The molecule has 0 aliphatic heterocycles. The normalized spacial score (nSPS) is 25.5. The van der Waals surface area contributed by atoms with E-state index in [1.807, 2.05) is 0 Å². The predicted molar refractivity (Wildman–Crippen MR) is 119 cm³/mol. The van der Waals surface area contributed by atoms with Crippen LogP contribution in [0.2, 0.25) is 0 Å². The van der Waals surface area contributed by atoms with Gasteiger partial charge in [0.1, 0.15) is 0 Å². The Morgan fingerprint density at radius 1 is 0.323 bits per heavy atom. The Kier molecular flexibility index (Phi) is 12.8. The van der Waals surface area contributed by atoms with Crippen LogP contribution in [0.25, 0.3) is 0 Å². The van der Waals surface area contributed by atoms with Crippen LogP contribution in [-0.2, 0) is 9.53 Å². The Hall–Kier alpha value is -3.52. The third-order valence-electron chi connectivity index (χ3n) is 8.54. The molecule has 0 heterocycles. The van der Waals surface area contributed by atoms with Gasteiger partial charge in [0, 0.05) is 5.57 Å². The minimum absolute atomic E-state index is 0.00884. The maximum atomic E-state index is 15.5. The summed E-state index contributed by atoms with van der Waals surface area (Å²) < 4.78 is 557. The molecule has 0 radical (unpaired) electrons. The van der Waals surface area contributed by atoms with E-state index >= 15 is 4.39 Å². The lowest BCUT2D eigenvalue weighted by atomic mass is 9.71. The monoisotopic (exact) mass is 1070 g/mol. The fraction of sp³-hybridized carbons (Fsp3) is 0.875. The van der Waals surface area contributed by atoms with Crippen LogP contribution in [-0.4, -0.2) is 124 Å². The maximum Gasteiger partial charge on any atom is 0.473 e. The van der Waals surface area contributed by atoms with Crippen molar-refractivity contribution in [1.29, 1.82) is 0 Å². The molecule has 0 aromatic heterocycles. The molecule has 386 valence electrons. The van der Waals surface area contributed by atoms with Crippen molar-refractivity contribution in [1.82, 2.24) is 0 Å². The van der Waals surface area contributed by atoms with E-state index in [9.17, 15) is 172 Å². The minimum Gasteiger partial charge on any atom is -0.393 e. The first-order valence-corrected chi connectivity index (χ1v) is 14.1. The molecule has 0 aromatic rings. The quantitative estimate of drug-likeness (QED) is 0.117. The molecule has 0 bridgehead atoms. The van der Waals surface area contributed by atoms with Crippen LogP contribution < -0.4 is 0 Å². The van der Waals surface area contributed by atoms with E-state index in [1.165, 1.54) is 0 Å². The van der Waals surface area contributed by atoms with Gasteiger partial charge in [0.2, 0.25) is 0 Å². The zero-order valence-electron chi connectivity index (χ0n) is 28.3. The summed E-state index contributed by atoms with van der Waals surface area (Å²) in [6.45, 7) is 2.17. The summed E-state index contributed by atoms with van der Waals surface area (Å²) in [5, 5.41) is 0. The van der Waals surface area contributed by atoms with E-state index in [2.05, 4.69) is 11.3 Å². The summed E-state index contributed by atoms with van der Waals surface area (Å²) >= 11 is 0. The molecule has 0 N–H and O–H groups in total. The summed E-state index contributed by atoms with van der Waals surface area (Å²) in [6.07, 6.45) is -8.03. The topological polar surface area (TPSA) is 26.3 Å². The Balaban J connectivity index is 4.79. The highest BCUT2D eigenvalue weighted by atomic mass is 19.4. The third kappa shape index (κ3) is 6.01. The third-order valence-corrected chi connectivity index (χ3v) is 8.54. The van der Waals surface area contributed by atoms with Crippen LogP contribution in [0.5, 0.6) is 0 Å². The van der Waals surface area contributed by atoms with Crippen molar-refractivity contribution >= 4 is 5.97 Å². The molecule has 0 amide bonds. The van der Waals surface area contributed by atoms with Crippen molar-refractivity contribution in [3.63, 3.8) is 0 Å². The minimum atomic E-state index is -11.7. The average Bonchev–Trinajstić information content (AvgIpc) is 3.08. The van der Waals surface area contributed by atoms with Gasteiger partial charge in [-0.25, -0.2) is 9.18 Å². The molecule has 65 heavy (non-hydrogen) atoms. The SMILES string of the molecule is C=C(C)C(=O)OC(F)(F)C(F)(F)C(F)(F)C(F)(F)C(F)(F)C(F)(F)C(F)(F)C(F)(F)C(F)(F)C1(F)C(F)(F)C(F)(F)C(F)(F)C(F)(F)C(F)(F)C(F)(F)C(F)(F)C(F)(F)C(F)(F)C1(F)F. The lowest BCUT2D eigenvalue weighted by Crippen LogP contribution is -2.85. The Labute approximate surface area is 325 Å². The number of carbonyl (C=O) groups excluding carboxylic acids is 1. The first-order chi connectivity index (χ1) is 27.3. The van der Waals surface area contributed by atoms with E-state index in [0.717, 1.165) is 0 Å². The van der Waals surface area contributed by atoms with Gasteiger partial charge in [-0.05, 0) is 6.92 Å². The molecule has 0 atom stereocenters. The van der Waals surface area contributed by atoms with Gasteiger partial charge in [0.05, 0.1) is 0 Å². The molecule has 1 rings (SSSR count). The summed E-state index contributed by atoms with van der Waals surface area (Å²) in [4.78, 5) is 10.9. The number of esters is 1. The largest absolute Gasteiger partial charge is 0.473 e. The summed E-state index contributed by atoms with van der Waals surface area (Å²) in [5.74, 6) is -193. The number of carbonyl (C=O) groups is 1. The number of hydrogen-bond donors (Lipinski definition) is 0. The summed E-state index contributed by atoms with van der Waals surface area (Å²) in [6, 6.07) is 0. The van der Waals surface area contributed by atoms with Gasteiger partial charge in [0.15, 0.2) is 0 Å². The number of alkyl halides is 39. The molecule has 41 heteroatoms. The van der Waals surface area contributed by atoms with Crippen molar-refractivity contribution in [2.45, 2.75) is 125 Å². The second-order valence-electron chi connectivity index (χ2n) is 12.7. The van der Waals surface area contributed by atoms with Crippen LogP contribution in [0, 0.1) is 0 Å². The van der Waals surface area contributed by atoms with E-state index in [4.69, 9.17) is 0 Å². The van der Waals surface area contributed by atoms with Gasteiger partial charge >= 0.3 is 124 Å². The molecule has 2 nitrogen and oxygen atoms in total. The molecule has 0 unspecified atom stereocenters. The van der Waals surface area contributed by atoms with Crippen molar-refractivity contribution in [3.05, 3.63) is 12.2 Å². The molecule has 1 aliphatic rings. The van der Waals surface area contributed by atoms with Crippen molar-refractivity contribution in [2.24, 2.45) is 0 Å². The molecule has 0 saturated heterocycles. The van der Waals surface area contributed by atoms with E-state index in [1.54, 1.807) is 0 Å². The number of halogens is 39. The first kappa shape index (κ1) is 59.5. The van der Waals surface area contributed by atoms with E-state index in [-0.39, 0.29) is 6.92 Å². The fourth-order valence-corrected chi connectivity index (χ4v) is 4.45. The van der Waals surface area contributed by atoms with Gasteiger partial charge in [-0.1, -0.05) is 6.58 Å². The predicted octanol–water partition coefficient (Wildman–Crippen LogP) is 12.9. The van der Waals surface area contributed by atoms with Gasteiger partial charge < -0.3 is 4.74 Å². The van der Waals surface area contributed by atoms with Gasteiger partial charge in [0.25, 0.3) is 0 Å². The average molecular weight is 1070 g/mol. The summed E-state index contributed by atoms with van der Waals surface area (Å²) in [5.41, 5.74) is -13.5. The van der Waals surface area contributed by atoms with Crippen LogP contribution in [0.3, 0.4) is 0 Å². The molecule has 0 aromatic carbocycles. The first-order valence-electron chi connectivity index (χ1n) is 14.1. The Morgan fingerprint density at radius 3 is 0.692 bits per heavy atom. The highest BCUT2D eigenvalue weighted by Gasteiger charge is 3.08. The molecular weight excluding hydrogens is 1060 g/mol. The zero-order valence-corrected chi connectivity index (χ0v) is 28.3. The second kappa shape index (κ2) is 14.0. The fourth-order valence-electron chi connectivity index (χ4n) is 4.45. The van der Waals surface area contributed by atoms with Crippen molar-refractivity contribution < 1.29 is 181 Å². The molecular formula is C24H5F39O2. The van der Waals surface area contributed by atoms with Crippen LogP contribution in [0.1, 0.15) is 6.92 Å². The summed E-state index contributed by atoms with van der Waals surface area (Å²) in [7, 11) is 0. The van der Waals surface area contributed by atoms with Gasteiger partial charge in [-0.15, -0.1) is 0 Å². The Morgan fingerprint density at radius 2 is 0.492 bits per heavy atom. The standard InChI is InChI=1S/C24H5F39O2/c1-3(2)4(64)65-24(62,63)23(60,61)22(58,59)21(56,57)20(54,55)17(48,49)14(42,43)11(36,37)8(30,31)5(25)6(26,27)9(32,33)12(38,39)15(44,45)18(50,51)19(52,53)16(46,47)13(40,41)10(34,35)7(5,28)29/h1H2,2H3. The lowest BCUT2D eigenvalue weighted by molar-refractivity contribution is -0.501. The number of hydrogen-bond acceptors (Lipinski definition) is 2. The van der Waals surface area contributed by atoms with Crippen molar-refractivity contribution in [2.75, 3.05) is 0 Å². The highest BCUT2D eigenvalue weighted by Crippen LogP contribution is 2.75. The smallest absolute Gasteiger partial charge is 0.393 e. The zero-order chi connectivity index (χ0) is 53.9. The van der Waals surface area contributed by atoms with E-state index in [0.29, 0.717) is 0 Å². The van der Waals surface area contributed by atoms with E-state index < -0.39 is 130 Å². The van der Waals surface area contributed by atoms with Crippen LogP contribution in [0.4, 0.5) is 171 Å². The Bertz CT molecular complexity index is 1800. The number of rotatable bonds is 11. The maximum absolute atomic E-state index is 15.5. The molecule has 1 aliphatic carbocycles. The highest BCUT2D eigenvalue weighted by molar-refractivity contribution is 5.87. The second-order valence-corrected chi connectivity index (χ2v) is 12.7. The van der Waals surface area contributed by atoms with Gasteiger partial charge in [-0.2, -0.15) is 167 Å². The molecule has 0 spiro atoms. The van der Waals surface area contributed by atoms with Gasteiger partial charge in [-0.3, -0.25) is 0 Å².